The standard InChI is InChI=1S/C23H27N3O3/c1-16-13-22(24-18-14-17(27-2)15-21(29-4)23(16)18)26-11-9-25(10-12-26)19-7-5-6-8-20(19)28-3/h5-8,13-15H,9-12H2,1-4H3. The number of hydrogen-bond acceptors (Lipinski definition) is 6. The third-order valence-corrected chi connectivity index (χ3v) is 5.51. The number of nitrogens with zero attached hydrogens (tertiary/aromatic N) is 3. The van der Waals surface area contributed by atoms with Crippen LogP contribution in [0.1, 0.15) is 5.56 Å². The van der Waals surface area contributed by atoms with E-state index >= 15 is 0 Å². The molecule has 0 bridgehead atoms. The number of aryl methyl sites for hydroxylation is 1. The first kappa shape index (κ1) is 19.2. The Bertz CT molecular complexity index is 1010. The van der Waals surface area contributed by atoms with Crippen LogP contribution in [0.15, 0.2) is 42.5 Å². The van der Waals surface area contributed by atoms with E-state index in [4.69, 9.17) is 19.2 Å². The highest BCUT2D eigenvalue weighted by Crippen LogP contribution is 2.35. The summed E-state index contributed by atoms with van der Waals surface area (Å²) in [4.78, 5) is 9.64. The van der Waals surface area contributed by atoms with Crippen molar-refractivity contribution in [1.82, 2.24) is 4.98 Å². The SMILES string of the molecule is COc1cc(OC)c2c(C)cc(N3CCN(c4ccccc4OC)CC3)nc2c1. The van der Waals surface area contributed by atoms with Crippen molar-refractivity contribution in [2.45, 2.75) is 6.92 Å². The molecule has 4 rings (SSSR count). The number of aromatic nitrogens is 1. The van der Waals surface area contributed by atoms with Crippen LogP contribution in [0.25, 0.3) is 10.9 Å². The molecule has 0 N–H and O–H groups in total. The molecule has 3 aromatic rings. The minimum Gasteiger partial charge on any atom is -0.497 e. The second-order valence-corrected chi connectivity index (χ2v) is 7.17. The predicted octanol–water partition coefficient (Wildman–Crippen LogP) is 3.90. The van der Waals surface area contributed by atoms with Crippen LogP contribution in [0.4, 0.5) is 11.5 Å². The molecule has 1 aromatic heterocycles. The van der Waals surface area contributed by atoms with Crippen molar-refractivity contribution in [2.24, 2.45) is 0 Å². The number of anilines is 2. The van der Waals surface area contributed by atoms with E-state index in [1.165, 1.54) is 0 Å². The molecule has 0 radical (unpaired) electrons. The van der Waals surface area contributed by atoms with Crippen LogP contribution in [0, 0.1) is 6.92 Å². The van der Waals surface area contributed by atoms with Crippen LogP contribution in [-0.2, 0) is 0 Å². The van der Waals surface area contributed by atoms with Gasteiger partial charge in [0.25, 0.3) is 0 Å². The smallest absolute Gasteiger partial charge is 0.142 e. The Balaban J connectivity index is 1.60. The van der Waals surface area contributed by atoms with Gasteiger partial charge in [-0.25, -0.2) is 4.98 Å². The molecule has 0 aliphatic carbocycles. The van der Waals surface area contributed by atoms with Crippen molar-refractivity contribution in [3.05, 3.63) is 48.0 Å². The van der Waals surface area contributed by atoms with Gasteiger partial charge in [-0.2, -0.15) is 0 Å². The van der Waals surface area contributed by atoms with E-state index in [0.717, 1.165) is 71.4 Å². The summed E-state index contributed by atoms with van der Waals surface area (Å²) in [5.41, 5.74) is 3.19. The molecule has 0 amide bonds. The Kier molecular flexibility index (Phi) is 5.34. The van der Waals surface area contributed by atoms with Crippen molar-refractivity contribution in [1.29, 1.82) is 0 Å². The summed E-state index contributed by atoms with van der Waals surface area (Å²) in [5.74, 6) is 3.45. The number of benzene rings is 2. The zero-order valence-corrected chi connectivity index (χ0v) is 17.4. The molecule has 29 heavy (non-hydrogen) atoms. The molecular formula is C23H27N3O3. The fourth-order valence-electron chi connectivity index (χ4n) is 3.99. The van der Waals surface area contributed by atoms with Crippen molar-refractivity contribution in [3.63, 3.8) is 0 Å². The van der Waals surface area contributed by atoms with Crippen LogP contribution < -0.4 is 24.0 Å². The van der Waals surface area contributed by atoms with Gasteiger partial charge in [0.2, 0.25) is 0 Å². The molecule has 2 aromatic carbocycles. The van der Waals surface area contributed by atoms with Gasteiger partial charge in [-0.15, -0.1) is 0 Å². The maximum Gasteiger partial charge on any atom is 0.142 e. The first-order chi connectivity index (χ1) is 14.1. The Labute approximate surface area is 171 Å². The molecule has 1 fully saturated rings. The maximum atomic E-state index is 5.57. The summed E-state index contributed by atoms with van der Waals surface area (Å²) in [6, 6.07) is 14.2. The first-order valence-corrected chi connectivity index (χ1v) is 9.81. The number of methoxy groups -OCH3 is 3. The van der Waals surface area contributed by atoms with E-state index in [1.807, 2.05) is 24.3 Å². The van der Waals surface area contributed by atoms with Crippen molar-refractivity contribution < 1.29 is 14.2 Å². The lowest BCUT2D eigenvalue weighted by atomic mass is 10.1. The van der Waals surface area contributed by atoms with E-state index in [0.29, 0.717) is 0 Å². The topological polar surface area (TPSA) is 47.1 Å². The molecule has 0 saturated carbocycles. The summed E-state index contributed by atoms with van der Waals surface area (Å²) in [7, 11) is 5.06. The van der Waals surface area contributed by atoms with Gasteiger partial charge in [0.05, 0.1) is 32.5 Å². The second kappa shape index (κ2) is 8.07. The average Bonchev–Trinajstić information content (AvgIpc) is 2.78. The Morgan fingerprint density at radius 3 is 2.17 bits per heavy atom. The lowest BCUT2D eigenvalue weighted by molar-refractivity contribution is 0.397. The van der Waals surface area contributed by atoms with Gasteiger partial charge in [0.15, 0.2) is 0 Å². The molecule has 2 heterocycles. The van der Waals surface area contributed by atoms with E-state index in [-0.39, 0.29) is 0 Å². The number of ether oxygens (including phenoxy) is 3. The lowest BCUT2D eigenvalue weighted by Gasteiger charge is -2.37. The Hall–Kier alpha value is -3.15. The largest absolute Gasteiger partial charge is 0.497 e. The second-order valence-electron chi connectivity index (χ2n) is 7.17. The predicted molar refractivity (Wildman–Crippen MR) is 117 cm³/mol. The quantitative estimate of drug-likeness (QED) is 0.655. The number of hydrogen-bond donors (Lipinski definition) is 0. The van der Waals surface area contributed by atoms with E-state index < -0.39 is 0 Å². The summed E-state index contributed by atoms with van der Waals surface area (Å²) in [5, 5.41) is 1.03. The zero-order chi connectivity index (χ0) is 20.4. The molecular weight excluding hydrogens is 366 g/mol. The van der Waals surface area contributed by atoms with Crippen LogP contribution >= 0.6 is 0 Å². The van der Waals surface area contributed by atoms with Crippen LogP contribution in [0.5, 0.6) is 17.2 Å². The van der Waals surface area contributed by atoms with Gasteiger partial charge in [-0.3, -0.25) is 0 Å². The first-order valence-electron chi connectivity index (χ1n) is 9.81. The van der Waals surface area contributed by atoms with Gasteiger partial charge in [0.1, 0.15) is 23.1 Å². The molecule has 0 unspecified atom stereocenters. The molecule has 6 nitrogen and oxygen atoms in total. The van der Waals surface area contributed by atoms with Crippen molar-refractivity contribution >= 4 is 22.4 Å². The number of para-hydroxylation sites is 2. The van der Waals surface area contributed by atoms with Gasteiger partial charge >= 0.3 is 0 Å². The third kappa shape index (κ3) is 3.62. The molecule has 1 aliphatic rings. The van der Waals surface area contributed by atoms with E-state index in [9.17, 15) is 0 Å². The van der Waals surface area contributed by atoms with E-state index in [1.54, 1.807) is 21.3 Å². The Morgan fingerprint density at radius 1 is 0.793 bits per heavy atom. The summed E-state index contributed by atoms with van der Waals surface area (Å²) in [6.45, 7) is 5.74. The Morgan fingerprint density at radius 2 is 1.48 bits per heavy atom. The van der Waals surface area contributed by atoms with Gasteiger partial charge < -0.3 is 24.0 Å². The van der Waals surface area contributed by atoms with Gasteiger partial charge in [-0.1, -0.05) is 12.1 Å². The summed E-state index contributed by atoms with van der Waals surface area (Å²) >= 11 is 0. The summed E-state index contributed by atoms with van der Waals surface area (Å²) < 4.78 is 16.5. The number of piperazine rings is 1. The van der Waals surface area contributed by atoms with Crippen molar-refractivity contribution in [3.8, 4) is 17.2 Å². The highest BCUT2D eigenvalue weighted by molar-refractivity contribution is 5.91. The molecule has 6 heteroatoms. The van der Waals surface area contributed by atoms with Gasteiger partial charge in [-0.05, 0) is 30.7 Å². The van der Waals surface area contributed by atoms with Gasteiger partial charge in [0, 0.05) is 43.7 Å². The normalized spacial score (nSPS) is 14.2. The highest BCUT2D eigenvalue weighted by atomic mass is 16.5. The molecule has 152 valence electrons. The average molecular weight is 393 g/mol. The fraction of sp³-hybridized carbons (Fsp3) is 0.348. The highest BCUT2D eigenvalue weighted by Gasteiger charge is 2.21. The summed E-state index contributed by atoms with van der Waals surface area (Å²) in [6.07, 6.45) is 0. The molecule has 0 spiro atoms. The third-order valence-electron chi connectivity index (χ3n) is 5.51. The lowest BCUT2D eigenvalue weighted by Crippen LogP contribution is -2.47. The van der Waals surface area contributed by atoms with Crippen molar-refractivity contribution in [2.75, 3.05) is 57.3 Å². The minimum atomic E-state index is 0.749. The van der Waals surface area contributed by atoms with Crippen LogP contribution in [-0.4, -0.2) is 52.5 Å². The monoisotopic (exact) mass is 393 g/mol. The van der Waals surface area contributed by atoms with Crippen LogP contribution in [0.3, 0.4) is 0 Å². The number of fused-ring (bicyclic) bond motifs is 1. The zero-order valence-electron chi connectivity index (χ0n) is 17.4. The molecule has 1 aliphatic heterocycles. The molecule has 1 saturated heterocycles. The fourth-order valence-corrected chi connectivity index (χ4v) is 3.99. The minimum absolute atomic E-state index is 0.749. The molecule has 0 atom stereocenters. The number of pyridine rings is 1. The van der Waals surface area contributed by atoms with Crippen LogP contribution in [0.2, 0.25) is 0 Å². The number of rotatable bonds is 5. The van der Waals surface area contributed by atoms with E-state index in [2.05, 4.69) is 34.9 Å². The maximum absolute atomic E-state index is 5.57.